The normalized spacial score (nSPS) is 19.1. The Morgan fingerprint density at radius 2 is 1.76 bits per heavy atom. The first kappa shape index (κ1) is 17.9. The first-order valence-electron chi connectivity index (χ1n) is 7.85. The predicted molar refractivity (Wildman–Crippen MR) is 82.0 cm³/mol. The first-order valence-corrected chi connectivity index (χ1v) is 7.85. The zero-order chi connectivity index (χ0) is 15.8. The van der Waals surface area contributed by atoms with Gasteiger partial charge in [0.2, 0.25) is 5.91 Å². The van der Waals surface area contributed by atoms with Crippen molar-refractivity contribution in [2.45, 2.75) is 45.8 Å². The highest BCUT2D eigenvalue weighted by Crippen LogP contribution is 2.07. The van der Waals surface area contributed by atoms with Crippen molar-refractivity contribution in [3.05, 3.63) is 0 Å². The molecule has 0 radical (unpaired) electrons. The number of rotatable bonds is 7. The third kappa shape index (κ3) is 5.63. The maximum Gasteiger partial charge on any atom is 0.251 e. The summed E-state index contributed by atoms with van der Waals surface area (Å²) in [6.07, 6.45) is 1.28. The van der Waals surface area contributed by atoms with E-state index in [1.54, 1.807) is 7.11 Å². The minimum absolute atomic E-state index is 0.0590. The zero-order valence-corrected chi connectivity index (χ0v) is 13.7. The molecule has 21 heavy (non-hydrogen) atoms. The van der Waals surface area contributed by atoms with Gasteiger partial charge in [-0.2, -0.15) is 0 Å². The van der Waals surface area contributed by atoms with Crippen LogP contribution in [0, 0.1) is 0 Å². The van der Waals surface area contributed by atoms with E-state index in [4.69, 9.17) is 4.74 Å². The quantitative estimate of drug-likeness (QED) is 0.742. The maximum atomic E-state index is 12.2. The Balaban J connectivity index is 2.35. The highest BCUT2D eigenvalue weighted by molar-refractivity contribution is 5.81. The van der Waals surface area contributed by atoms with Crippen molar-refractivity contribution in [3.8, 4) is 0 Å². The number of hydrogen-bond donors (Lipinski definition) is 1. The molecule has 1 aliphatic rings. The Kier molecular flexibility index (Phi) is 7.67. The van der Waals surface area contributed by atoms with Crippen LogP contribution in [0.4, 0.5) is 0 Å². The largest absolute Gasteiger partial charge is 0.372 e. The molecule has 0 spiro atoms. The Bertz CT molecular complexity index is 337. The predicted octanol–water partition coefficient (Wildman–Crippen LogP) is 0.470. The number of ether oxygens (including phenoxy) is 1. The number of amides is 2. The van der Waals surface area contributed by atoms with Crippen molar-refractivity contribution in [2.75, 3.05) is 39.8 Å². The Labute approximate surface area is 127 Å². The van der Waals surface area contributed by atoms with E-state index in [1.807, 2.05) is 18.7 Å². The second-order valence-corrected chi connectivity index (χ2v) is 5.61. The molecule has 0 aromatic rings. The Morgan fingerprint density at radius 3 is 2.24 bits per heavy atom. The summed E-state index contributed by atoms with van der Waals surface area (Å²) in [6, 6.07) is 0.215. The van der Waals surface area contributed by atoms with Crippen LogP contribution in [0.5, 0.6) is 0 Å². The molecule has 1 heterocycles. The molecule has 6 nitrogen and oxygen atoms in total. The molecular weight excluding hydrogens is 270 g/mol. The maximum absolute atomic E-state index is 12.2. The van der Waals surface area contributed by atoms with Crippen molar-refractivity contribution < 1.29 is 14.3 Å². The average Bonchev–Trinajstić information content (AvgIpc) is 2.48. The van der Waals surface area contributed by atoms with Gasteiger partial charge in [0, 0.05) is 39.3 Å². The van der Waals surface area contributed by atoms with Gasteiger partial charge in [0.1, 0.15) is 6.10 Å². The molecule has 2 amide bonds. The van der Waals surface area contributed by atoms with Gasteiger partial charge in [-0.05, 0) is 19.8 Å². The number of piperazine rings is 1. The van der Waals surface area contributed by atoms with E-state index in [-0.39, 0.29) is 24.0 Å². The summed E-state index contributed by atoms with van der Waals surface area (Å²) in [6.45, 7) is 9.21. The lowest BCUT2D eigenvalue weighted by Crippen LogP contribution is -2.53. The SMILES string of the molecule is CC[C@@H](C)NC(=O)CN1CCN(C(=O)[C@H](CC)OC)CC1. The van der Waals surface area contributed by atoms with Crippen molar-refractivity contribution in [1.82, 2.24) is 15.1 Å². The van der Waals surface area contributed by atoms with Crippen LogP contribution in [0.25, 0.3) is 0 Å². The lowest BCUT2D eigenvalue weighted by molar-refractivity contribution is -0.144. The van der Waals surface area contributed by atoms with E-state index in [0.717, 1.165) is 19.5 Å². The minimum Gasteiger partial charge on any atom is -0.372 e. The van der Waals surface area contributed by atoms with Crippen molar-refractivity contribution in [3.63, 3.8) is 0 Å². The summed E-state index contributed by atoms with van der Waals surface area (Å²) in [7, 11) is 1.57. The fraction of sp³-hybridized carbons (Fsp3) is 0.867. The fourth-order valence-corrected chi connectivity index (χ4v) is 2.40. The van der Waals surface area contributed by atoms with Crippen molar-refractivity contribution >= 4 is 11.8 Å². The molecule has 0 bridgehead atoms. The van der Waals surface area contributed by atoms with E-state index < -0.39 is 0 Å². The Morgan fingerprint density at radius 1 is 1.14 bits per heavy atom. The standard InChI is InChI=1S/C15H29N3O3/c1-5-12(3)16-14(19)11-17-7-9-18(10-8-17)15(20)13(6-2)21-4/h12-13H,5-11H2,1-4H3,(H,16,19)/t12-,13+/m1/s1. The van der Waals surface area contributed by atoms with Gasteiger partial charge in [-0.3, -0.25) is 14.5 Å². The summed E-state index contributed by atoms with van der Waals surface area (Å²) in [5, 5.41) is 2.97. The van der Waals surface area contributed by atoms with E-state index in [2.05, 4.69) is 17.1 Å². The highest BCUT2D eigenvalue weighted by atomic mass is 16.5. The van der Waals surface area contributed by atoms with Gasteiger partial charge in [0.15, 0.2) is 0 Å². The van der Waals surface area contributed by atoms with Crippen LogP contribution in [0.15, 0.2) is 0 Å². The third-order valence-corrected chi connectivity index (χ3v) is 4.00. The molecule has 6 heteroatoms. The molecule has 1 N–H and O–H groups in total. The van der Waals surface area contributed by atoms with Gasteiger partial charge in [-0.25, -0.2) is 0 Å². The number of carbonyl (C=O) groups excluding carboxylic acids is 2. The van der Waals surface area contributed by atoms with Crippen LogP contribution in [-0.4, -0.2) is 73.6 Å². The molecule has 1 fully saturated rings. The van der Waals surface area contributed by atoms with E-state index in [1.165, 1.54) is 0 Å². The zero-order valence-electron chi connectivity index (χ0n) is 13.7. The number of carbonyl (C=O) groups is 2. The number of methoxy groups -OCH3 is 1. The molecule has 1 saturated heterocycles. The molecule has 0 aromatic carbocycles. The highest BCUT2D eigenvalue weighted by Gasteiger charge is 2.26. The van der Waals surface area contributed by atoms with E-state index in [0.29, 0.717) is 26.1 Å². The molecule has 2 atom stereocenters. The lowest BCUT2D eigenvalue weighted by atomic mass is 10.2. The molecular formula is C15H29N3O3. The van der Waals surface area contributed by atoms with Gasteiger partial charge in [-0.1, -0.05) is 13.8 Å². The van der Waals surface area contributed by atoms with E-state index >= 15 is 0 Å². The van der Waals surface area contributed by atoms with E-state index in [9.17, 15) is 9.59 Å². The smallest absolute Gasteiger partial charge is 0.251 e. The molecule has 1 aliphatic heterocycles. The van der Waals surface area contributed by atoms with Gasteiger partial charge in [0.25, 0.3) is 5.91 Å². The topological polar surface area (TPSA) is 61.9 Å². The van der Waals surface area contributed by atoms with Gasteiger partial charge in [0.05, 0.1) is 6.54 Å². The van der Waals surface area contributed by atoms with Gasteiger partial charge in [-0.15, -0.1) is 0 Å². The van der Waals surface area contributed by atoms with Crippen LogP contribution >= 0.6 is 0 Å². The molecule has 0 saturated carbocycles. The number of hydrogen-bond acceptors (Lipinski definition) is 4. The monoisotopic (exact) mass is 299 g/mol. The first-order chi connectivity index (χ1) is 10.0. The second-order valence-electron chi connectivity index (χ2n) is 5.61. The molecule has 1 rings (SSSR count). The minimum atomic E-state index is -0.342. The van der Waals surface area contributed by atoms with Crippen LogP contribution in [0.3, 0.4) is 0 Å². The van der Waals surface area contributed by atoms with Crippen molar-refractivity contribution in [2.24, 2.45) is 0 Å². The number of nitrogens with one attached hydrogen (secondary N) is 1. The molecule has 0 aliphatic carbocycles. The summed E-state index contributed by atoms with van der Waals surface area (Å²) in [5.74, 6) is 0.121. The average molecular weight is 299 g/mol. The van der Waals surface area contributed by atoms with Gasteiger partial charge >= 0.3 is 0 Å². The van der Waals surface area contributed by atoms with Gasteiger partial charge < -0.3 is 15.0 Å². The third-order valence-electron chi connectivity index (χ3n) is 4.00. The Hall–Kier alpha value is -1.14. The summed E-state index contributed by atoms with van der Waals surface area (Å²) in [5.41, 5.74) is 0. The summed E-state index contributed by atoms with van der Waals surface area (Å²) in [4.78, 5) is 27.9. The molecule has 0 aromatic heterocycles. The van der Waals surface area contributed by atoms with Crippen molar-refractivity contribution in [1.29, 1.82) is 0 Å². The van der Waals surface area contributed by atoms with Crippen LogP contribution in [-0.2, 0) is 14.3 Å². The molecule has 122 valence electrons. The summed E-state index contributed by atoms with van der Waals surface area (Å²) < 4.78 is 5.19. The van der Waals surface area contributed by atoms with Crippen LogP contribution in [0.2, 0.25) is 0 Å². The van der Waals surface area contributed by atoms with Crippen LogP contribution in [0.1, 0.15) is 33.6 Å². The van der Waals surface area contributed by atoms with Crippen LogP contribution < -0.4 is 5.32 Å². The second kappa shape index (κ2) is 9.00. The fourth-order valence-electron chi connectivity index (χ4n) is 2.40. The molecule has 0 unspecified atom stereocenters. The lowest BCUT2D eigenvalue weighted by Gasteiger charge is -2.35. The number of nitrogens with zero attached hydrogens (tertiary/aromatic N) is 2. The summed E-state index contributed by atoms with van der Waals surface area (Å²) >= 11 is 0.